The Morgan fingerprint density at radius 2 is 2.25 bits per heavy atom. The van der Waals surface area contributed by atoms with Gasteiger partial charge in [0.15, 0.2) is 0 Å². The third-order valence-corrected chi connectivity index (χ3v) is 2.17. The Labute approximate surface area is 71.3 Å². The van der Waals surface area contributed by atoms with Crippen LogP contribution in [0.15, 0.2) is 18.5 Å². The summed E-state index contributed by atoms with van der Waals surface area (Å²) >= 11 is 0. The van der Waals surface area contributed by atoms with Gasteiger partial charge in [-0.15, -0.1) is 6.42 Å². The summed E-state index contributed by atoms with van der Waals surface area (Å²) in [5.74, 6) is 2.49. The molecule has 0 amide bonds. The van der Waals surface area contributed by atoms with Crippen molar-refractivity contribution in [3.05, 3.63) is 29.6 Å². The average molecular weight is 159 g/mol. The molecule has 0 aliphatic heterocycles. The van der Waals surface area contributed by atoms with Crippen molar-refractivity contribution < 1.29 is 5.11 Å². The zero-order chi connectivity index (χ0) is 8.60. The minimum atomic E-state index is -0.625. The van der Waals surface area contributed by atoms with Crippen LogP contribution in [0.4, 0.5) is 0 Å². The predicted molar refractivity (Wildman–Crippen MR) is 45.3 cm³/mol. The van der Waals surface area contributed by atoms with E-state index in [0.717, 1.165) is 24.0 Å². The summed E-state index contributed by atoms with van der Waals surface area (Å²) in [4.78, 5) is 3.96. The van der Waals surface area contributed by atoms with Gasteiger partial charge in [-0.1, -0.05) is 5.92 Å². The second kappa shape index (κ2) is 2.33. The molecule has 1 aliphatic carbocycles. The van der Waals surface area contributed by atoms with Gasteiger partial charge in [0, 0.05) is 23.5 Å². The van der Waals surface area contributed by atoms with Gasteiger partial charge in [0.1, 0.15) is 0 Å². The molecule has 1 saturated carbocycles. The summed E-state index contributed by atoms with van der Waals surface area (Å²) in [6.07, 6.45) is 10.1. The van der Waals surface area contributed by atoms with Crippen LogP contribution in [-0.4, -0.2) is 10.1 Å². The minimum absolute atomic E-state index is 0.625. The summed E-state index contributed by atoms with van der Waals surface area (Å²) in [5.41, 5.74) is 0.950. The van der Waals surface area contributed by atoms with E-state index in [4.69, 9.17) is 6.42 Å². The van der Waals surface area contributed by atoms with E-state index in [1.54, 1.807) is 12.4 Å². The number of hydrogen-bond donors (Lipinski definition) is 1. The Balaban J connectivity index is 2.40. The van der Waals surface area contributed by atoms with Crippen molar-refractivity contribution in [1.29, 1.82) is 0 Å². The van der Waals surface area contributed by atoms with Crippen LogP contribution in [0.2, 0.25) is 0 Å². The molecule has 2 nitrogen and oxygen atoms in total. The summed E-state index contributed by atoms with van der Waals surface area (Å²) in [7, 11) is 0. The van der Waals surface area contributed by atoms with Crippen LogP contribution >= 0.6 is 0 Å². The Hall–Kier alpha value is -1.33. The lowest BCUT2D eigenvalue weighted by Crippen LogP contribution is -2.04. The minimum Gasteiger partial charge on any atom is -0.385 e. The fourth-order valence-electron chi connectivity index (χ4n) is 1.18. The quantitative estimate of drug-likeness (QED) is 0.621. The smallest absolute Gasteiger partial charge is 0.0914 e. The molecule has 2 heteroatoms. The third-order valence-electron chi connectivity index (χ3n) is 2.17. The number of pyridine rings is 1. The van der Waals surface area contributed by atoms with Gasteiger partial charge in [0.2, 0.25) is 0 Å². The maximum atomic E-state index is 9.71. The molecule has 1 heterocycles. The Kier molecular flexibility index (Phi) is 1.42. The Morgan fingerprint density at radius 1 is 1.50 bits per heavy atom. The molecule has 1 fully saturated rings. The van der Waals surface area contributed by atoms with Gasteiger partial charge in [0.25, 0.3) is 0 Å². The highest BCUT2D eigenvalue weighted by Crippen LogP contribution is 2.44. The van der Waals surface area contributed by atoms with Crippen molar-refractivity contribution in [3.8, 4) is 12.3 Å². The van der Waals surface area contributed by atoms with Gasteiger partial charge in [-0.25, -0.2) is 0 Å². The first-order chi connectivity index (χ1) is 5.74. The zero-order valence-electron chi connectivity index (χ0n) is 6.62. The molecule has 0 spiro atoms. The number of nitrogens with zero attached hydrogens (tertiary/aromatic N) is 1. The van der Waals surface area contributed by atoms with Crippen molar-refractivity contribution in [3.63, 3.8) is 0 Å². The highest BCUT2D eigenvalue weighted by Gasteiger charge is 2.42. The van der Waals surface area contributed by atoms with Gasteiger partial charge in [-0.2, -0.15) is 0 Å². The monoisotopic (exact) mass is 159 g/mol. The molecule has 60 valence electrons. The molecule has 0 bridgehead atoms. The number of aromatic nitrogens is 1. The second-order valence-corrected chi connectivity index (χ2v) is 3.14. The molecule has 1 N–H and O–H groups in total. The standard InChI is InChI=1S/C10H9NO/c1-2-8-5-9(7-11-6-8)10(12)3-4-10/h1,5-7,12H,3-4H2. The SMILES string of the molecule is C#Cc1cncc(C2(O)CC2)c1. The Bertz CT molecular complexity index is 347. The lowest BCUT2D eigenvalue weighted by atomic mass is 10.1. The summed E-state index contributed by atoms with van der Waals surface area (Å²) in [6.45, 7) is 0. The van der Waals surface area contributed by atoms with Gasteiger partial charge < -0.3 is 5.11 Å². The van der Waals surface area contributed by atoms with Gasteiger partial charge in [-0.3, -0.25) is 4.98 Å². The molecule has 12 heavy (non-hydrogen) atoms. The normalized spacial score (nSPS) is 18.3. The summed E-state index contributed by atoms with van der Waals surface area (Å²) in [6, 6.07) is 1.82. The third kappa shape index (κ3) is 1.09. The van der Waals surface area contributed by atoms with E-state index < -0.39 is 5.60 Å². The first kappa shape index (κ1) is 7.33. The topological polar surface area (TPSA) is 33.1 Å². The lowest BCUT2D eigenvalue weighted by molar-refractivity contribution is 0.151. The van der Waals surface area contributed by atoms with Crippen molar-refractivity contribution >= 4 is 0 Å². The van der Waals surface area contributed by atoms with E-state index in [1.807, 2.05) is 6.07 Å². The number of terminal acetylenes is 1. The van der Waals surface area contributed by atoms with Gasteiger partial charge in [0.05, 0.1) is 5.60 Å². The molecule has 0 saturated heterocycles. The maximum absolute atomic E-state index is 9.71. The fourth-order valence-corrected chi connectivity index (χ4v) is 1.18. The first-order valence-corrected chi connectivity index (χ1v) is 3.89. The van der Waals surface area contributed by atoms with Crippen LogP contribution < -0.4 is 0 Å². The predicted octanol–water partition coefficient (Wildman–Crippen LogP) is 1.04. The maximum Gasteiger partial charge on any atom is 0.0914 e. The van der Waals surface area contributed by atoms with E-state index in [1.165, 1.54) is 0 Å². The van der Waals surface area contributed by atoms with E-state index >= 15 is 0 Å². The number of hydrogen-bond acceptors (Lipinski definition) is 2. The summed E-state index contributed by atoms with van der Waals surface area (Å²) in [5, 5.41) is 9.71. The van der Waals surface area contributed by atoms with E-state index in [0.29, 0.717) is 0 Å². The van der Waals surface area contributed by atoms with E-state index in [-0.39, 0.29) is 0 Å². The molecule has 1 aliphatic rings. The van der Waals surface area contributed by atoms with Crippen LogP contribution in [0, 0.1) is 12.3 Å². The van der Waals surface area contributed by atoms with Gasteiger partial charge in [-0.05, 0) is 18.9 Å². The van der Waals surface area contributed by atoms with Crippen LogP contribution in [0.5, 0.6) is 0 Å². The number of rotatable bonds is 1. The highest BCUT2D eigenvalue weighted by atomic mass is 16.3. The average Bonchev–Trinajstić information content (AvgIpc) is 2.85. The molecule has 2 rings (SSSR count). The molecular formula is C10H9NO. The first-order valence-electron chi connectivity index (χ1n) is 3.89. The van der Waals surface area contributed by atoms with Gasteiger partial charge >= 0.3 is 0 Å². The van der Waals surface area contributed by atoms with Crippen molar-refractivity contribution in [2.75, 3.05) is 0 Å². The van der Waals surface area contributed by atoms with Crippen LogP contribution in [0.3, 0.4) is 0 Å². The second-order valence-electron chi connectivity index (χ2n) is 3.14. The molecule has 1 aromatic heterocycles. The fraction of sp³-hybridized carbons (Fsp3) is 0.300. The highest BCUT2D eigenvalue weighted by molar-refractivity contribution is 5.36. The zero-order valence-corrected chi connectivity index (χ0v) is 6.62. The molecule has 0 aromatic carbocycles. The van der Waals surface area contributed by atoms with E-state index in [2.05, 4.69) is 10.9 Å². The lowest BCUT2D eigenvalue weighted by Gasteiger charge is -2.06. The largest absolute Gasteiger partial charge is 0.385 e. The van der Waals surface area contributed by atoms with Crippen molar-refractivity contribution in [2.24, 2.45) is 0 Å². The van der Waals surface area contributed by atoms with Crippen LogP contribution in [-0.2, 0) is 5.60 Å². The Morgan fingerprint density at radius 3 is 2.83 bits per heavy atom. The molecule has 0 radical (unpaired) electrons. The van der Waals surface area contributed by atoms with Crippen molar-refractivity contribution in [2.45, 2.75) is 18.4 Å². The number of aliphatic hydroxyl groups is 1. The molecule has 0 atom stereocenters. The molecule has 1 aromatic rings. The molecular weight excluding hydrogens is 150 g/mol. The van der Waals surface area contributed by atoms with E-state index in [9.17, 15) is 5.11 Å². The van der Waals surface area contributed by atoms with Crippen molar-refractivity contribution in [1.82, 2.24) is 4.98 Å². The van der Waals surface area contributed by atoms with Crippen LogP contribution in [0.1, 0.15) is 24.0 Å². The van der Waals surface area contributed by atoms with Crippen LogP contribution in [0.25, 0.3) is 0 Å². The summed E-state index contributed by atoms with van der Waals surface area (Å²) < 4.78 is 0. The molecule has 0 unspecified atom stereocenters.